The molecule has 4 heteroatoms. The Morgan fingerprint density at radius 3 is 2.44 bits per heavy atom. The van der Waals surface area contributed by atoms with Gasteiger partial charge in [0.15, 0.2) is 0 Å². The molecule has 2 rings (SSSR count). The maximum absolute atomic E-state index is 12.7. The number of amides is 1. The van der Waals surface area contributed by atoms with Crippen LogP contribution in [0, 0.1) is 5.41 Å². The molecule has 2 aliphatic heterocycles. The van der Waals surface area contributed by atoms with Crippen LogP contribution in [0.2, 0.25) is 0 Å². The van der Waals surface area contributed by atoms with E-state index in [2.05, 4.69) is 31.0 Å². The first kappa shape index (κ1) is 14.2. The van der Waals surface area contributed by atoms with Crippen molar-refractivity contribution in [2.24, 2.45) is 5.41 Å². The first-order valence-corrected chi connectivity index (χ1v) is 8.06. The molecular weight excluding hydrogens is 244 g/mol. The molecule has 0 aromatic carbocycles. The van der Waals surface area contributed by atoms with E-state index in [4.69, 9.17) is 0 Å². The second kappa shape index (κ2) is 5.41. The molecule has 2 fully saturated rings. The molecule has 0 aromatic rings. The molecule has 0 radical (unpaired) electrons. The largest absolute Gasteiger partial charge is 0.341 e. The molecular formula is C14H26N2OS. The van der Waals surface area contributed by atoms with Crippen molar-refractivity contribution in [3.05, 3.63) is 0 Å². The highest BCUT2D eigenvalue weighted by molar-refractivity contribution is 8.00. The van der Waals surface area contributed by atoms with Crippen LogP contribution in [0.3, 0.4) is 0 Å². The van der Waals surface area contributed by atoms with Gasteiger partial charge in [0.1, 0.15) is 0 Å². The predicted octanol–water partition coefficient (Wildman–Crippen LogP) is 2.12. The molecule has 104 valence electrons. The maximum Gasteiger partial charge on any atom is 0.228 e. The van der Waals surface area contributed by atoms with Crippen LogP contribution in [0.25, 0.3) is 0 Å². The zero-order valence-electron chi connectivity index (χ0n) is 11.9. The molecule has 0 atom stereocenters. The Kier molecular flexibility index (Phi) is 4.27. The smallest absolute Gasteiger partial charge is 0.228 e. The predicted molar refractivity (Wildman–Crippen MR) is 77.9 cm³/mol. The van der Waals surface area contributed by atoms with E-state index in [1.54, 1.807) is 0 Å². The number of rotatable bonds is 1. The van der Waals surface area contributed by atoms with Gasteiger partial charge in [0.25, 0.3) is 0 Å². The Balaban J connectivity index is 2.00. The van der Waals surface area contributed by atoms with Crippen LogP contribution in [0.15, 0.2) is 0 Å². The fourth-order valence-electron chi connectivity index (χ4n) is 2.80. The second-order valence-corrected chi connectivity index (χ2v) is 8.26. The maximum atomic E-state index is 12.7. The molecule has 0 aliphatic carbocycles. The quantitative estimate of drug-likeness (QED) is 0.792. The zero-order valence-corrected chi connectivity index (χ0v) is 12.7. The number of hydrogen-bond acceptors (Lipinski definition) is 3. The van der Waals surface area contributed by atoms with Crippen LogP contribution in [0.5, 0.6) is 0 Å². The molecule has 2 heterocycles. The van der Waals surface area contributed by atoms with Crippen molar-refractivity contribution in [1.29, 1.82) is 0 Å². The van der Waals surface area contributed by atoms with E-state index in [0.29, 0.717) is 10.7 Å². The lowest BCUT2D eigenvalue weighted by atomic mass is 9.79. The third kappa shape index (κ3) is 3.21. The van der Waals surface area contributed by atoms with E-state index in [9.17, 15) is 4.79 Å². The van der Waals surface area contributed by atoms with Crippen LogP contribution in [0.4, 0.5) is 0 Å². The summed E-state index contributed by atoms with van der Waals surface area (Å²) in [4.78, 5) is 14.8. The highest BCUT2D eigenvalue weighted by Crippen LogP contribution is 2.34. The van der Waals surface area contributed by atoms with Crippen molar-refractivity contribution < 1.29 is 4.79 Å². The average molecular weight is 270 g/mol. The van der Waals surface area contributed by atoms with Gasteiger partial charge < -0.3 is 10.2 Å². The minimum atomic E-state index is -0.121. The fourth-order valence-corrected chi connectivity index (χ4v) is 3.90. The van der Waals surface area contributed by atoms with E-state index in [1.165, 1.54) is 0 Å². The number of hydrogen-bond donors (Lipinski definition) is 1. The highest BCUT2D eigenvalue weighted by Gasteiger charge is 2.38. The van der Waals surface area contributed by atoms with Crippen LogP contribution in [-0.2, 0) is 4.79 Å². The van der Waals surface area contributed by atoms with E-state index >= 15 is 0 Å². The molecule has 0 saturated carbocycles. The van der Waals surface area contributed by atoms with Gasteiger partial charge in [-0.1, -0.05) is 20.8 Å². The summed E-state index contributed by atoms with van der Waals surface area (Å²) < 4.78 is 0.323. The van der Waals surface area contributed by atoms with Gasteiger partial charge in [-0.25, -0.2) is 0 Å². The number of carbonyl (C=O) groups excluding carboxylic acids is 1. The van der Waals surface area contributed by atoms with Crippen LogP contribution in [0.1, 0.15) is 40.0 Å². The second-order valence-electron chi connectivity index (χ2n) is 6.46. The van der Waals surface area contributed by atoms with Crippen molar-refractivity contribution in [3.63, 3.8) is 0 Å². The number of nitrogens with one attached hydrogen (secondary N) is 1. The van der Waals surface area contributed by atoms with Crippen molar-refractivity contribution in [3.8, 4) is 0 Å². The summed E-state index contributed by atoms with van der Waals surface area (Å²) in [7, 11) is 0. The van der Waals surface area contributed by atoms with Gasteiger partial charge in [0.05, 0.1) is 0 Å². The Labute approximate surface area is 115 Å². The lowest BCUT2D eigenvalue weighted by Crippen LogP contribution is -2.48. The number of thioether (sulfide) groups is 1. The van der Waals surface area contributed by atoms with Gasteiger partial charge in [-0.2, -0.15) is 11.8 Å². The lowest BCUT2D eigenvalue weighted by Gasteiger charge is -2.37. The number of carbonyl (C=O) groups is 1. The normalized spacial score (nSPS) is 27.6. The van der Waals surface area contributed by atoms with Crippen molar-refractivity contribution in [2.75, 3.05) is 31.9 Å². The Hall–Kier alpha value is -0.220. The van der Waals surface area contributed by atoms with E-state index in [0.717, 1.165) is 51.2 Å². The first-order valence-electron chi connectivity index (χ1n) is 7.07. The third-order valence-corrected chi connectivity index (χ3v) is 5.72. The summed E-state index contributed by atoms with van der Waals surface area (Å²) >= 11 is 2.00. The highest BCUT2D eigenvalue weighted by atomic mass is 32.2. The summed E-state index contributed by atoms with van der Waals surface area (Å²) in [5.74, 6) is 1.47. The summed E-state index contributed by atoms with van der Waals surface area (Å²) in [5, 5.41) is 3.35. The summed E-state index contributed by atoms with van der Waals surface area (Å²) in [6.45, 7) is 10.6. The van der Waals surface area contributed by atoms with Crippen LogP contribution >= 0.6 is 11.8 Å². The monoisotopic (exact) mass is 270 g/mol. The molecule has 0 aromatic heterocycles. The molecule has 1 amide bonds. The van der Waals surface area contributed by atoms with E-state index in [-0.39, 0.29) is 5.41 Å². The van der Waals surface area contributed by atoms with Crippen molar-refractivity contribution >= 4 is 17.7 Å². The van der Waals surface area contributed by atoms with Gasteiger partial charge in [0, 0.05) is 29.0 Å². The van der Waals surface area contributed by atoms with Crippen LogP contribution in [-0.4, -0.2) is 47.5 Å². The van der Waals surface area contributed by atoms with Gasteiger partial charge in [-0.3, -0.25) is 4.79 Å². The minimum Gasteiger partial charge on any atom is -0.341 e. The van der Waals surface area contributed by atoms with Crippen molar-refractivity contribution in [1.82, 2.24) is 10.2 Å². The van der Waals surface area contributed by atoms with Gasteiger partial charge >= 0.3 is 0 Å². The van der Waals surface area contributed by atoms with Crippen molar-refractivity contribution in [2.45, 2.75) is 44.8 Å². The van der Waals surface area contributed by atoms with Gasteiger partial charge in [-0.05, 0) is 32.4 Å². The Morgan fingerprint density at radius 2 is 1.78 bits per heavy atom. The lowest BCUT2D eigenvalue weighted by molar-refractivity contribution is -0.142. The Morgan fingerprint density at radius 1 is 1.11 bits per heavy atom. The number of piperidine rings is 1. The van der Waals surface area contributed by atoms with Crippen LogP contribution < -0.4 is 5.32 Å². The fraction of sp³-hybridized carbons (Fsp3) is 0.929. The van der Waals surface area contributed by atoms with E-state index < -0.39 is 0 Å². The molecule has 18 heavy (non-hydrogen) atoms. The van der Waals surface area contributed by atoms with E-state index in [1.807, 2.05) is 11.8 Å². The van der Waals surface area contributed by atoms with Gasteiger partial charge in [0.2, 0.25) is 5.91 Å². The molecule has 0 spiro atoms. The third-order valence-electron chi connectivity index (χ3n) is 4.35. The minimum absolute atomic E-state index is 0.121. The topological polar surface area (TPSA) is 32.3 Å². The summed E-state index contributed by atoms with van der Waals surface area (Å²) in [5.41, 5.74) is -0.121. The standard InChI is InChI=1S/C14H26N2OS/c1-13(2)6-9-16(10-11-18-13)12(17)14(3)4-7-15-8-5-14/h15H,4-11H2,1-3H3. The molecule has 0 bridgehead atoms. The Bertz CT molecular complexity index is 311. The molecule has 1 N–H and O–H groups in total. The SMILES string of the molecule is CC1(C)CCN(C(=O)C2(C)CCNCC2)CCS1. The molecule has 2 saturated heterocycles. The average Bonchev–Trinajstić information content (AvgIpc) is 2.50. The number of nitrogens with zero attached hydrogens (tertiary/aromatic N) is 1. The summed E-state index contributed by atoms with van der Waals surface area (Å²) in [6, 6.07) is 0. The molecule has 3 nitrogen and oxygen atoms in total. The zero-order chi connectivity index (χ0) is 13.2. The van der Waals surface area contributed by atoms with Gasteiger partial charge in [-0.15, -0.1) is 0 Å². The molecule has 0 unspecified atom stereocenters. The first-order chi connectivity index (χ1) is 8.43. The molecule has 2 aliphatic rings. The summed E-state index contributed by atoms with van der Waals surface area (Å²) in [6.07, 6.45) is 3.08.